The van der Waals surface area contributed by atoms with Gasteiger partial charge in [0.2, 0.25) is 5.91 Å². The molecule has 1 saturated heterocycles. The van der Waals surface area contributed by atoms with Gasteiger partial charge in [-0.1, -0.05) is 6.92 Å². The maximum atomic E-state index is 11.5. The Morgan fingerprint density at radius 1 is 1.64 bits per heavy atom. The van der Waals surface area contributed by atoms with E-state index in [1.165, 1.54) is 0 Å². The first kappa shape index (κ1) is 11.5. The predicted octanol–water partition coefficient (Wildman–Crippen LogP) is 0.300. The zero-order valence-electron chi connectivity index (χ0n) is 8.66. The summed E-state index contributed by atoms with van der Waals surface area (Å²) in [6.45, 7) is 3.21. The number of nitrogens with one attached hydrogen (secondary N) is 1. The van der Waals surface area contributed by atoms with Crippen molar-refractivity contribution in [2.24, 2.45) is 5.92 Å². The van der Waals surface area contributed by atoms with Crippen LogP contribution in [0.4, 0.5) is 0 Å². The third kappa shape index (κ3) is 3.64. The van der Waals surface area contributed by atoms with Crippen LogP contribution in [0.1, 0.15) is 26.2 Å². The Balaban J connectivity index is 2.19. The van der Waals surface area contributed by atoms with Gasteiger partial charge in [0.05, 0.1) is 0 Å². The second-order valence-corrected chi connectivity index (χ2v) is 3.89. The van der Waals surface area contributed by atoms with Crippen molar-refractivity contribution in [2.75, 3.05) is 19.8 Å². The Morgan fingerprint density at radius 3 is 3.00 bits per heavy atom. The Kier molecular flexibility index (Phi) is 4.90. The summed E-state index contributed by atoms with van der Waals surface area (Å²) in [5.74, 6) is 0.0764. The van der Waals surface area contributed by atoms with Crippen LogP contribution in [0.25, 0.3) is 0 Å². The summed E-state index contributed by atoms with van der Waals surface area (Å²) < 4.78 is 5.33. The van der Waals surface area contributed by atoms with E-state index in [1.54, 1.807) is 0 Å². The molecule has 14 heavy (non-hydrogen) atoms. The maximum Gasteiger partial charge on any atom is 0.249 e. The summed E-state index contributed by atoms with van der Waals surface area (Å²) in [7, 11) is 0. The van der Waals surface area contributed by atoms with Gasteiger partial charge >= 0.3 is 0 Å². The van der Waals surface area contributed by atoms with Gasteiger partial charge in [-0.2, -0.15) is 0 Å². The van der Waals surface area contributed by atoms with E-state index in [0.717, 1.165) is 19.3 Å². The molecular formula is C10H19NO3. The van der Waals surface area contributed by atoms with Gasteiger partial charge in [-0.15, -0.1) is 0 Å². The van der Waals surface area contributed by atoms with Gasteiger partial charge in [0.25, 0.3) is 0 Å². The third-order valence-electron chi connectivity index (χ3n) is 2.41. The van der Waals surface area contributed by atoms with E-state index in [4.69, 9.17) is 9.84 Å². The van der Waals surface area contributed by atoms with Gasteiger partial charge in [-0.05, 0) is 25.2 Å². The van der Waals surface area contributed by atoms with Crippen LogP contribution in [-0.2, 0) is 9.53 Å². The molecule has 0 spiro atoms. The predicted molar refractivity (Wildman–Crippen MR) is 52.9 cm³/mol. The summed E-state index contributed by atoms with van der Waals surface area (Å²) in [6, 6.07) is 0. The third-order valence-corrected chi connectivity index (χ3v) is 2.41. The van der Waals surface area contributed by atoms with Gasteiger partial charge < -0.3 is 15.2 Å². The molecule has 0 radical (unpaired) electrons. The quantitative estimate of drug-likeness (QED) is 0.687. The number of hydrogen-bond donors (Lipinski definition) is 2. The standard InChI is InChI=1S/C10H19NO3/c1-8(7-12)6-11-10(13)9-4-2-3-5-14-9/h8-9,12H,2-7H2,1H3,(H,11,13). The lowest BCUT2D eigenvalue weighted by atomic mass is 10.1. The van der Waals surface area contributed by atoms with E-state index < -0.39 is 0 Å². The molecule has 0 aromatic rings. The van der Waals surface area contributed by atoms with Gasteiger partial charge in [0.15, 0.2) is 0 Å². The first-order chi connectivity index (χ1) is 6.74. The molecule has 1 rings (SSSR count). The zero-order valence-corrected chi connectivity index (χ0v) is 8.66. The lowest BCUT2D eigenvalue weighted by molar-refractivity contribution is -0.135. The molecule has 4 heteroatoms. The highest BCUT2D eigenvalue weighted by Gasteiger charge is 2.21. The Labute approximate surface area is 84.6 Å². The molecular weight excluding hydrogens is 182 g/mol. The molecule has 1 aliphatic heterocycles. The number of aliphatic hydroxyl groups excluding tert-OH is 1. The molecule has 1 amide bonds. The van der Waals surface area contributed by atoms with Crippen molar-refractivity contribution in [3.8, 4) is 0 Å². The number of hydrogen-bond acceptors (Lipinski definition) is 3. The Hall–Kier alpha value is -0.610. The van der Waals surface area contributed by atoms with E-state index in [2.05, 4.69) is 5.32 Å². The van der Waals surface area contributed by atoms with E-state index in [0.29, 0.717) is 13.2 Å². The minimum atomic E-state index is -0.269. The van der Waals surface area contributed by atoms with Crippen molar-refractivity contribution in [3.05, 3.63) is 0 Å². The molecule has 2 atom stereocenters. The fourth-order valence-corrected chi connectivity index (χ4v) is 1.40. The largest absolute Gasteiger partial charge is 0.396 e. The van der Waals surface area contributed by atoms with Gasteiger partial charge in [0.1, 0.15) is 6.10 Å². The number of rotatable bonds is 4. The van der Waals surface area contributed by atoms with E-state index in [9.17, 15) is 4.79 Å². The average molecular weight is 201 g/mol. The van der Waals surface area contributed by atoms with Crippen LogP contribution in [0.5, 0.6) is 0 Å². The minimum Gasteiger partial charge on any atom is -0.396 e. The topological polar surface area (TPSA) is 58.6 Å². The summed E-state index contributed by atoms with van der Waals surface area (Å²) in [4.78, 5) is 11.5. The summed E-state index contributed by atoms with van der Waals surface area (Å²) in [6.07, 6.45) is 2.67. The van der Waals surface area contributed by atoms with Crippen LogP contribution >= 0.6 is 0 Å². The zero-order chi connectivity index (χ0) is 10.4. The van der Waals surface area contributed by atoms with E-state index in [1.807, 2.05) is 6.92 Å². The highest BCUT2D eigenvalue weighted by molar-refractivity contribution is 5.80. The van der Waals surface area contributed by atoms with Crippen molar-refractivity contribution in [3.63, 3.8) is 0 Å². The molecule has 2 N–H and O–H groups in total. The van der Waals surface area contributed by atoms with Crippen LogP contribution in [0, 0.1) is 5.92 Å². The minimum absolute atomic E-state index is 0.0370. The molecule has 0 bridgehead atoms. The Bertz CT molecular complexity index is 178. The van der Waals surface area contributed by atoms with Crippen LogP contribution < -0.4 is 5.32 Å². The molecule has 1 heterocycles. The molecule has 4 nitrogen and oxygen atoms in total. The first-order valence-corrected chi connectivity index (χ1v) is 5.24. The van der Waals surface area contributed by atoms with Crippen molar-refractivity contribution in [2.45, 2.75) is 32.3 Å². The highest BCUT2D eigenvalue weighted by atomic mass is 16.5. The summed E-state index contributed by atoms with van der Waals surface area (Å²) in [5.41, 5.74) is 0. The van der Waals surface area contributed by atoms with Gasteiger partial charge in [-0.3, -0.25) is 4.79 Å². The van der Waals surface area contributed by atoms with E-state index in [-0.39, 0.29) is 24.5 Å². The van der Waals surface area contributed by atoms with Crippen molar-refractivity contribution >= 4 is 5.91 Å². The average Bonchev–Trinajstić information content (AvgIpc) is 2.26. The molecule has 1 aliphatic rings. The molecule has 1 fully saturated rings. The van der Waals surface area contributed by atoms with Crippen LogP contribution in [0.2, 0.25) is 0 Å². The van der Waals surface area contributed by atoms with Gasteiger partial charge in [-0.25, -0.2) is 0 Å². The molecule has 0 aromatic carbocycles. The molecule has 0 aliphatic carbocycles. The van der Waals surface area contributed by atoms with E-state index >= 15 is 0 Å². The monoisotopic (exact) mass is 201 g/mol. The SMILES string of the molecule is CC(CO)CNC(=O)C1CCCCO1. The molecule has 0 aromatic heterocycles. The van der Waals surface area contributed by atoms with Crippen LogP contribution in [0.3, 0.4) is 0 Å². The molecule has 2 unspecified atom stereocenters. The fourth-order valence-electron chi connectivity index (χ4n) is 1.40. The van der Waals surface area contributed by atoms with Crippen molar-refractivity contribution < 1.29 is 14.6 Å². The second kappa shape index (κ2) is 5.98. The van der Waals surface area contributed by atoms with Crippen LogP contribution in [0.15, 0.2) is 0 Å². The Morgan fingerprint density at radius 2 is 2.43 bits per heavy atom. The highest BCUT2D eigenvalue weighted by Crippen LogP contribution is 2.12. The lowest BCUT2D eigenvalue weighted by Gasteiger charge is -2.22. The second-order valence-electron chi connectivity index (χ2n) is 3.89. The number of carbonyl (C=O) groups is 1. The summed E-state index contributed by atoms with van der Waals surface area (Å²) in [5, 5.41) is 11.6. The smallest absolute Gasteiger partial charge is 0.249 e. The first-order valence-electron chi connectivity index (χ1n) is 5.24. The number of ether oxygens (including phenoxy) is 1. The number of amides is 1. The van der Waals surface area contributed by atoms with Crippen molar-refractivity contribution in [1.82, 2.24) is 5.32 Å². The molecule has 82 valence electrons. The summed E-state index contributed by atoms with van der Waals surface area (Å²) >= 11 is 0. The number of aliphatic hydroxyl groups is 1. The van der Waals surface area contributed by atoms with Gasteiger partial charge in [0, 0.05) is 19.8 Å². The maximum absolute atomic E-state index is 11.5. The lowest BCUT2D eigenvalue weighted by Crippen LogP contribution is -2.40. The van der Waals surface area contributed by atoms with Crippen molar-refractivity contribution in [1.29, 1.82) is 0 Å². The molecule has 0 saturated carbocycles. The normalized spacial score (nSPS) is 24.3. The van der Waals surface area contributed by atoms with Crippen LogP contribution in [-0.4, -0.2) is 36.9 Å². The number of carbonyl (C=O) groups excluding carboxylic acids is 1. The fraction of sp³-hybridized carbons (Fsp3) is 0.900.